The smallest absolute Gasteiger partial charge is 0.332 e. The van der Waals surface area contributed by atoms with Crippen LogP contribution in [0.5, 0.6) is 5.75 Å². The minimum Gasteiger partial charge on any atom is -0.507 e. The molecule has 27 heavy (non-hydrogen) atoms. The van der Waals surface area contributed by atoms with Crippen LogP contribution < -0.4 is 0 Å². The maximum atomic E-state index is 11.7. The first kappa shape index (κ1) is 19.7. The van der Waals surface area contributed by atoms with Crippen LogP contribution in [-0.4, -0.2) is 29.4 Å². The zero-order valence-corrected chi connectivity index (χ0v) is 16.6. The van der Waals surface area contributed by atoms with Crippen LogP contribution in [0, 0.1) is 0 Å². The number of hydrogen-bond acceptors (Lipinski definition) is 4. The molecule has 2 aromatic carbocycles. The van der Waals surface area contributed by atoms with Gasteiger partial charge in [0, 0.05) is 10.6 Å². The molecule has 0 unspecified atom stereocenters. The van der Waals surface area contributed by atoms with Gasteiger partial charge in [0.2, 0.25) is 0 Å². The monoisotopic (exact) mass is 388 g/mol. The molecule has 0 saturated heterocycles. The van der Waals surface area contributed by atoms with Gasteiger partial charge in [-0.2, -0.15) is 0 Å². The number of rotatable bonds is 5. The molecule has 1 saturated carbocycles. The van der Waals surface area contributed by atoms with Crippen LogP contribution in [0.2, 0.25) is 5.02 Å². The summed E-state index contributed by atoms with van der Waals surface area (Å²) in [5.41, 5.74) is 2.40. The third-order valence-corrected chi connectivity index (χ3v) is 4.84. The van der Waals surface area contributed by atoms with E-state index in [4.69, 9.17) is 21.1 Å². The fraction of sp³-hybridized carbons (Fsp3) is 0.409. The lowest BCUT2D eigenvalue weighted by Gasteiger charge is -2.35. The van der Waals surface area contributed by atoms with Gasteiger partial charge in [-0.3, -0.25) is 0 Å². The van der Waals surface area contributed by atoms with Crippen molar-refractivity contribution in [2.45, 2.75) is 51.2 Å². The molecular weight excluding hydrogens is 364 g/mol. The summed E-state index contributed by atoms with van der Waals surface area (Å²) in [5.74, 6) is 0.318. The van der Waals surface area contributed by atoms with Crippen LogP contribution in [0.3, 0.4) is 0 Å². The van der Waals surface area contributed by atoms with E-state index in [1.807, 2.05) is 32.9 Å². The van der Waals surface area contributed by atoms with Crippen molar-refractivity contribution in [2.75, 3.05) is 6.61 Å². The van der Waals surface area contributed by atoms with Crippen LogP contribution in [0.25, 0.3) is 11.1 Å². The number of ether oxygens (including phenoxy) is 2. The Morgan fingerprint density at radius 3 is 2.44 bits per heavy atom. The lowest BCUT2D eigenvalue weighted by Crippen LogP contribution is -2.33. The molecule has 2 aromatic rings. The standard InChI is InChI=1S/C22H25ClO4/c1-22(2,3)27-21(25)13-26-18-10-16(11-18)14-4-6-15(7-5-14)19-12-17(23)8-9-20(19)24/h4-9,12,16,18,24H,10-11,13H2,1-3H3. The van der Waals surface area contributed by atoms with E-state index in [1.54, 1.807) is 18.2 Å². The highest BCUT2D eigenvalue weighted by Gasteiger charge is 2.32. The lowest BCUT2D eigenvalue weighted by molar-refractivity contribution is -0.164. The highest BCUT2D eigenvalue weighted by atomic mass is 35.5. The van der Waals surface area contributed by atoms with Gasteiger partial charge in [-0.1, -0.05) is 35.9 Å². The van der Waals surface area contributed by atoms with Crippen LogP contribution >= 0.6 is 11.6 Å². The predicted molar refractivity (Wildman–Crippen MR) is 106 cm³/mol. The van der Waals surface area contributed by atoms with Gasteiger partial charge in [0.05, 0.1) is 6.10 Å². The summed E-state index contributed by atoms with van der Waals surface area (Å²) >= 11 is 6.03. The van der Waals surface area contributed by atoms with E-state index in [0.717, 1.165) is 24.0 Å². The van der Waals surface area contributed by atoms with Gasteiger partial charge >= 0.3 is 5.97 Å². The summed E-state index contributed by atoms with van der Waals surface area (Å²) < 4.78 is 10.9. The number of halogens is 1. The topological polar surface area (TPSA) is 55.8 Å². The molecule has 4 nitrogen and oxygen atoms in total. The Balaban J connectivity index is 1.51. The highest BCUT2D eigenvalue weighted by Crippen LogP contribution is 2.40. The quantitative estimate of drug-likeness (QED) is 0.704. The molecule has 0 heterocycles. The Bertz CT molecular complexity index is 802. The summed E-state index contributed by atoms with van der Waals surface area (Å²) in [6.07, 6.45) is 1.88. The fourth-order valence-electron chi connectivity index (χ4n) is 3.21. The maximum absolute atomic E-state index is 11.7. The first-order chi connectivity index (χ1) is 12.7. The van der Waals surface area contributed by atoms with Gasteiger partial charge in [-0.05, 0) is 68.9 Å². The van der Waals surface area contributed by atoms with E-state index >= 15 is 0 Å². The van der Waals surface area contributed by atoms with E-state index in [2.05, 4.69) is 12.1 Å². The Kier molecular flexibility index (Phi) is 5.78. The first-order valence-electron chi connectivity index (χ1n) is 9.13. The molecule has 0 bridgehead atoms. The molecule has 5 heteroatoms. The number of aromatic hydroxyl groups is 1. The molecule has 144 valence electrons. The molecule has 0 radical (unpaired) electrons. The van der Waals surface area contributed by atoms with Crippen molar-refractivity contribution in [3.05, 3.63) is 53.1 Å². The minimum absolute atomic E-state index is 0.00162. The number of phenols is 1. The average molecular weight is 389 g/mol. The number of benzene rings is 2. The molecular formula is C22H25ClO4. The van der Waals surface area contributed by atoms with E-state index < -0.39 is 5.60 Å². The maximum Gasteiger partial charge on any atom is 0.332 e. The van der Waals surface area contributed by atoms with E-state index in [9.17, 15) is 9.90 Å². The van der Waals surface area contributed by atoms with Crippen molar-refractivity contribution in [2.24, 2.45) is 0 Å². The molecule has 1 N–H and O–H groups in total. The first-order valence-corrected chi connectivity index (χ1v) is 9.51. The van der Waals surface area contributed by atoms with E-state index in [-0.39, 0.29) is 24.4 Å². The zero-order chi connectivity index (χ0) is 19.6. The fourth-order valence-corrected chi connectivity index (χ4v) is 3.38. The Morgan fingerprint density at radius 1 is 1.15 bits per heavy atom. The van der Waals surface area contributed by atoms with Gasteiger partial charge < -0.3 is 14.6 Å². The number of esters is 1. The second-order valence-electron chi connectivity index (χ2n) is 7.97. The van der Waals surface area contributed by atoms with Gasteiger partial charge in [0.1, 0.15) is 18.0 Å². The van der Waals surface area contributed by atoms with Crippen molar-refractivity contribution in [1.29, 1.82) is 0 Å². The summed E-state index contributed by atoms with van der Waals surface area (Å²) in [4.78, 5) is 11.7. The number of carbonyl (C=O) groups excluding carboxylic acids is 1. The molecule has 0 spiro atoms. The summed E-state index contributed by atoms with van der Waals surface area (Å²) in [6, 6.07) is 13.2. The number of carbonyl (C=O) groups is 1. The third kappa shape index (κ3) is 5.24. The normalized spacial score (nSPS) is 19.4. The van der Waals surface area contributed by atoms with Crippen molar-refractivity contribution in [3.63, 3.8) is 0 Å². The highest BCUT2D eigenvalue weighted by molar-refractivity contribution is 6.31. The Hall–Kier alpha value is -2.04. The van der Waals surface area contributed by atoms with Gasteiger partial charge in [0.15, 0.2) is 0 Å². The van der Waals surface area contributed by atoms with Crippen molar-refractivity contribution < 1.29 is 19.4 Å². The van der Waals surface area contributed by atoms with Crippen LogP contribution in [0.15, 0.2) is 42.5 Å². The third-order valence-electron chi connectivity index (χ3n) is 4.60. The van der Waals surface area contributed by atoms with Crippen LogP contribution in [0.4, 0.5) is 0 Å². The van der Waals surface area contributed by atoms with Crippen molar-refractivity contribution in [3.8, 4) is 16.9 Å². The molecule has 0 atom stereocenters. The average Bonchev–Trinajstić information content (AvgIpc) is 2.54. The second kappa shape index (κ2) is 7.91. The molecule has 1 aliphatic rings. The zero-order valence-electron chi connectivity index (χ0n) is 15.9. The van der Waals surface area contributed by atoms with Crippen molar-refractivity contribution >= 4 is 17.6 Å². The lowest BCUT2D eigenvalue weighted by atomic mass is 9.77. The SMILES string of the molecule is CC(C)(C)OC(=O)COC1CC(c2ccc(-c3cc(Cl)ccc3O)cc2)C1. The van der Waals surface area contributed by atoms with Gasteiger partial charge in [0.25, 0.3) is 0 Å². The molecule has 0 amide bonds. The Morgan fingerprint density at radius 2 is 1.81 bits per heavy atom. The Labute approximate surface area is 165 Å². The predicted octanol–water partition coefficient (Wildman–Crippen LogP) is 5.32. The van der Waals surface area contributed by atoms with E-state index in [1.165, 1.54) is 5.56 Å². The molecule has 3 rings (SSSR count). The number of phenolic OH excluding ortho intramolecular Hbond substituents is 1. The van der Waals surface area contributed by atoms with Crippen LogP contribution in [-0.2, 0) is 14.3 Å². The van der Waals surface area contributed by atoms with Crippen LogP contribution in [0.1, 0.15) is 45.1 Å². The molecule has 1 fully saturated rings. The van der Waals surface area contributed by atoms with Crippen molar-refractivity contribution in [1.82, 2.24) is 0 Å². The summed E-state index contributed by atoms with van der Waals surface area (Å²) in [7, 11) is 0. The number of hydrogen-bond donors (Lipinski definition) is 1. The molecule has 0 aliphatic heterocycles. The van der Waals surface area contributed by atoms with E-state index in [0.29, 0.717) is 10.9 Å². The molecule has 0 aromatic heterocycles. The minimum atomic E-state index is -0.484. The largest absolute Gasteiger partial charge is 0.507 e. The molecule has 1 aliphatic carbocycles. The summed E-state index contributed by atoms with van der Waals surface area (Å²) in [6.45, 7) is 5.53. The summed E-state index contributed by atoms with van der Waals surface area (Å²) in [5, 5.41) is 10.6. The second-order valence-corrected chi connectivity index (χ2v) is 8.41. The van der Waals surface area contributed by atoms with Gasteiger partial charge in [-0.15, -0.1) is 0 Å². The van der Waals surface area contributed by atoms with Gasteiger partial charge in [-0.25, -0.2) is 4.79 Å².